The molecule has 2 aromatic carbocycles. The number of hydrogen-bond donors (Lipinski definition) is 2. The summed E-state index contributed by atoms with van der Waals surface area (Å²) < 4.78 is 48.7. The van der Waals surface area contributed by atoms with Crippen molar-refractivity contribution in [1.82, 2.24) is 15.2 Å². The van der Waals surface area contributed by atoms with Crippen molar-refractivity contribution >= 4 is 11.8 Å². The van der Waals surface area contributed by atoms with Crippen LogP contribution in [0.2, 0.25) is 0 Å². The molecule has 3 aromatic rings. The summed E-state index contributed by atoms with van der Waals surface area (Å²) in [4.78, 5) is 39.3. The lowest BCUT2D eigenvalue weighted by Gasteiger charge is -2.32. The van der Waals surface area contributed by atoms with Crippen LogP contribution in [-0.4, -0.2) is 22.4 Å². The third-order valence-corrected chi connectivity index (χ3v) is 6.56. The number of hydrogen-bond acceptors (Lipinski definition) is 4. The van der Waals surface area contributed by atoms with E-state index >= 15 is 0 Å². The van der Waals surface area contributed by atoms with E-state index in [1.807, 2.05) is 6.07 Å². The number of aromatic nitrogens is 1. The minimum atomic E-state index is -1.16. The van der Waals surface area contributed by atoms with Gasteiger partial charge >= 0.3 is 0 Å². The summed E-state index contributed by atoms with van der Waals surface area (Å²) in [6.45, 7) is -0.619. The molecule has 0 radical (unpaired) electrons. The summed E-state index contributed by atoms with van der Waals surface area (Å²) in [5.74, 6) is -5.05. The zero-order chi connectivity index (χ0) is 25.4. The van der Waals surface area contributed by atoms with Crippen molar-refractivity contribution in [2.45, 2.75) is 44.5 Å². The molecule has 2 N–H and O–H groups in total. The monoisotopic (exact) mass is 497 g/mol. The quantitative estimate of drug-likeness (QED) is 0.545. The van der Waals surface area contributed by atoms with E-state index in [4.69, 9.17) is 4.74 Å². The molecule has 0 unspecified atom stereocenters. The highest BCUT2D eigenvalue weighted by molar-refractivity contribution is 5.99. The van der Waals surface area contributed by atoms with Gasteiger partial charge in [-0.1, -0.05) is 30.3 Å². The second-order valence-electron chi connectivity index (χ2n) is 8.84. The van der Waals surface area contributed by atoms with Gasteiger partial charge in [0.15, 0.2) is 11.4 Å². The first-order chi connectivity index (χ1) is 17.3. The molecule has 7 nitrogen and oxygen atoms in total. The molecule has 1 aliphatic heterocycles. The number of amides is 2. The maximum Gasteiger partial charge on any atom is 0.272 e. The fraction of sp³-hybridized carbons (Fsp3) is 0.269. The molecule has 0 saturated heterocycles. The van der Waals surface area contributed by atoms with Gasteiger partial charge in [-0.05, 0) is 24.8 Å². The van der Waals surface area contributed by atoms with Gasteiger partial charge in [0, 0.05) is 36.5 Å². The van der Waals surface area contributed by atoms with Gasteiger partial charge < -0.3 is 19.9 Å². The van der Waals surface area contributed by atoms with Gasteiger partial charge in [-0.15, -0.1) is 0 Å². The number of carbonyl (C=O) groups excluding carboxylic acids is 2. The van der Waals surface area contributed by atoms with E-state index in [1.165, 1.54) is 6.20 Å². The normalized spacial score (nSPS) is 18.2. The molecular formula is C26H22F3N3O4. The van der Waals surface area contributed by atoms with E-state index in [0.717, 1.165) is 24.8 Å². The minimum Gasteiger partial charge on any atom is -0.483 e. The lowest BCUT2D eigenvalue weighted by atomic mass is 10.0. The molecule has 2 amide bonds. The zero-order valence-corrected chi connectivity index (χ0v) is 19.0. The highest BCUT2D eigenvalue weighted by atomic mass is 19.1. The van der Waals surface area contributed by atoms with Crippen molar-refractivity contribution in [3.05, 3.63) is 98.7 Å². The van der Waals surface area contributed by atoms with Crippen LogP contribution < -0.4 is 20.8 Å². The third-order valence-electron chi connectivity index (χ3n) is 6.56. The largest absolute Gasteiger partial charge is 0.483 e. The summed E-state index contributed by atoms with van der Waals surface area (Å²) in [7, 11) is 0. The Morgan fingerprint density at radius 1 is 1.08 bits per heavy atom. The Kier molecular flexibility index (Phi) is 6.26. The highest BCUT2D eigenvalue weighted by Gasteiger charge is 2.39. The summed E-state index contributed by atoms with van der Waals surface area (Å²) in [6, 6.07) is 9.70. The van der Waals surface area contributed by atoms with Crippen molar-refractivity contribution in [3.8, 4) is 5.75 Å². The molecule has 5 rings (SSSR count). The number of ether oxygens (including phenoxy) is 1. The number of rotatable bonds is 6. The van der Waals surface area contributed by atoms with Gasteiger partial charge in [0.05, 0.1) is 6.04 Å². The van der Waals surface area contributed by atoms with Crippen LogP contribution in [0.4, 0.5) is 13.2 Å². The fourth-order valence-electron chi connectivity index (χ4n) is 4.80. The summed E-state index contributed by atoms with van der Waals surface area (Å²) in [5.41, 5.74) is -0.904. The Morgan fingerprint density at radius 3 is 2.53 bits per heavy atom. The zero-order valence-electron chi connectivity index (χ0n) is 19.0. The maximum atomic E-state index is 14.0. The predicted molar refractivity (Wildman–Crippen MR) is 123 cm³/mol. The average molecular weight is 497 g/mol. The van der Waals surface area contributed by atoms with Gasteiger partial charge in [0.2, 0.25) is 5.43 Å². The molecule has 1 fully saturated rings. The molecule has 0 spiro atoms. The Labute approximate surface area is 203 Å². The van der Waals surface area contributed by atoms with Crippen LogP contribution in [0.15, 0.2) is 53.5 Å². The number of nitrogens with zero attached hydrogens (tertiary/aromatic N) is 1. The van der Waals surface area contributed by atoms with Crippen LogP contribution in [0, 0.1) is 17.5 Å². The van der Waals surface area contributed by atoms with E-state index < -0.39 is 46.8 Å². The molecule has 186 valence electrons. The highest BCUT2D eigenvalue weighted by Crippen LogP contribution is 2.36. The van der Waals surface area contributed by atoms with E-state index in [2.05, 4.69) is 10.6 Å². The van der Waals surface area contributed by atoms with Crippen LogP contribution in [0.5, 0.6) is 5.75 Å². The van der Waals surface area contributed by atoms with Crippen molar-refractivity contribution in [2.75, 3.05) is 0 Å². The first kappa shape index (κ1) is 23.7. The fourth-order valence-corrected chi connectivity index (χ4v) is 4.80. The van der Waals surface area contributed by atoms with Gasteiger partial charge in [0.1, 0.15) is 29.6 Å². The number of nitrogens with one attached hydrogen (secondary N) is 2. The predicted octanol–water partition coefficient (Wildman–Crippen LogP) is 3.61. The summed E-state index contributed by atoms with van der Waals surface area (Å²) >= 11 is 0. The number of fused-ring (bicyclic) bond motifs is 3. The molecule has 2 heterocycles. The molecule has 36 heavy (non-hydrogen) atoms. The van der Waals surface area contributed by atoms with Gasteiger partial charge in [-0.25, -0.2) is 13.2 Å². The van der Waals surface area contributed by atoms with E-state index in [0.29, 0.717) is 12.1 Å². The van der Waals surface area contributed by atoms with Crippen molar-refractivity contribution in [1.29, 1.82) is 0 Å². The van der Waals surface area contributed by atoms with Crippen molar-refractivity contribution in [2.24, 2.45) is 0 Å². The number of carbonyl (C=O) groups is 2. The topological polar surface area (TPSA) is 89.4 Å². The first-order valence-corrected chi connectivity index (χ1v) is 11.5. The number of benzene rings is 2. The molecular weight excluding hydrogens is 475 g/mol. The molecule has 1 aromatic heterocycles. The maximum absolute atomic E-state index is 14.0. The summed E-state index contributed by atoms with van der Waals surface area (Å²) in [5, 5.41) is 5.24. The van der Waals surface area contributed by atoms with Crippen LogP contribution >= 0.6 is 0 Å². The first-order valence-electron chi connectivity index (χ1n) is 11.5. The Morgan fingerprint density at radius 2 is 1.81 bits per heavy atom. The smallest absolute Gasteiger partial charge is 0.272 e. The summed E-state index contributed by atoms with van der Waals surface area (Å²) in [6.07, 6.45) is 3.65. The lowest BCUT2D eigenvalue weighted by molar-refractivity contribution is 0.0872. The van der Waals surface area contributed by atoms with E-state index in [9.17, 15) is 27.6 Å². The number of halogens is 3. The van der Waals surface area contributed by atoms with Crippen LogP contribution in [0.25, 0.3) is 0 Å². The van der Waals surface area contributed by atoms with E-state index in [1.54, 1.807) is 28.8 Å². The van der Waals surface area contributed by atoms with Crippen molar-refractivity contribution in [3.63, 3.8) is 0 Å². The van der Waals surface area contributed by atoms with Crippen LogP contribution in [0.1, 0.15) is 57.3 Å². The van der Waals surface area contributed by atoms with Crippen molar-refractivity contribution < 1.29 is 27.5 Å². The Balaban J connectivity index is 1.51. The molecule has 0 bridgehead atoms. The Bertz CT molecular complexity index is 1380. The number of pyridine rings is 1. The average Bonchev–Trinajstić information content (AvgIpc) is 3.31. The lowest BCUT2D eigenvalue weighted by Crippen LogP contribution is -2.47. The van der Waals surface area contributed by atoms with Gasteiger partial charge in [-0.3, -0.25) is 14.4 Å². The van der Waals surface area contributed by atoms with Gasteiger partial charge in [0.25, 0.3) is 11.8 Å². The third kappa shape index (κ3) is 4.34. The molecule has 2 atom stereocenters. The molecule has 1 aliphatic carbocycles. The van der Waals surface area contributed by atoms with Gasteiger partial charge in [-0.2, -0.15) is 0 Å². The van der Waals surface area contributed by atoms with Crippen LogP contribution in [-0.2, 0) is 13.2 Å². The second kappa shape index (κ2) is 9.52. The SMILES string of the molecule is O=C(NCc1c(F)cc(F)cc1F)c1cn2c(c(OCc3ccccc3)c1=O)C(=O)N[C@H]1CCC[C@H]12. The minimum absolute atomic E-state index is 0.0124. The van der Waals surface area contributed by atoms with Crippen LogP contribution in [0.3, 0.4) is 0 Å². The standard InChI is InChI=1S/C26H22F3N3O4/c27-15-9-18(28)16(19(29)10-15)11-30-25(34)17-12-32-21-8-4-7-20(21)31-26(35)22(32)24(23(17)33)36-13-14-5-2-1-3-6-14/h1-3,5-6,9-10,12,20-21H,4,7-8,11,13H2,(H,30,34)(H,31,35)/t20-,21+/m0/s1. The molecule has 2 aliphatic rings. The Hall–Kier alpha value is -4.08. The molecule has 1 saturated carbocycles. The molecule has 10 heteroatoms. The second-order valence-corrected chi connectivity index (χ2v) is 8.84. The van der Waals surface area contributed by atoms with E-state index in [-0.39, 0.29) is 35.7 Å².